The van der Waals surface area contributed by atoms with Gasteiger partial charge in [-0.15, -0.1) is 0 Å². The van der Waals surface area contributed by atoms with Gasteiger partial charge in [-0.3, -0.25) is 9.59 Å². The molecule has 3 rings (SSSR count). The zero-order valence-corrected chi connectivity index (χ0v) is 14.1. The van der Waals surface area contributed by atoms with Crippen LogP contribution in [0.2, 0.25) is 0 Å². The van der Waals surface area contributed by atoms with Crippen LogP contribution in [0.5, 0.6) is 0 Å². The number of nitrogens with one attached hydrogen (secondary N) is 2. The van der Waals surface area contributed by atoms with Crippen molar-refractivity contribution >= 4 is 28.6 Å². The molecule has 0 aliphatic heterocycles. The number of benzene rings is 2. The average molecular weight is 377 g/mol. The topological polar surface area (TPSA) is 84.2 Å². The van der Waals surface area contributed by atoms with Crippen LogP contribution in [0.25, 0.3) is 11.1 Å². The maximum absolute atomic E-state index is 12.5. The molecule has 2 amide bonds. The molecule has 9 heteroatoms. The number of hydrogen-bond donors (Lipinski definition) is 2. The third kappa shape index (κ3) is 4.43. The van der Waals surface area contributed by atoms with Gasteiger partial charge in [0.1, 0.15) is 5.52 Å². The van der Waals surface area contributed by atoms with Crippen LogP contribution in [0.1, 0.15) is 21.8 Å². The normalized spacial score (nSPS) is 11.4. The fourth-order valence-corrected chi connectivity index (χ4v) is 2.40. The molecule has 0 spiro atoms. The molecule has 6 nitrogen and oxygen atoms in total. The first-order valence-corrected chi connectivity index (χ1v) is 7.85. The highest BCUT2D eigenvalue weighted by molar-refractivity contribution is 5.99. The molecule has 0 aliphatic rings. The highest BCUT2D eigenvalue weighted by Gasteiger charge is 2.30. The van der Waals surface area contributed by atoms with Crippen LogP contribution in [0, 0.1) is 6.92 Å². The second-order valence-electron chi connectivity index (χ2n) is 5.72. The molecule has 3 aromatic rings. The van der Waals surface area contributed by atoms with Gasteiger partial charge in [-0.05, 0) is 42.5 Å². The van der Waals surface area contributed by atoms with Gasteiger partial charge in [-0.25, -0.2) is 4.98 Å². The van der Waals surface area contributed by atoms with E-state index in [1.807, 2.05) is 0 Å². The number of oxazole rings is 1. The molecule has 2 aromatic carbocycles. The number of aryl methyl sites for hydroxylation is 1. The monoisotopic (exact) mass is 377 g/mol. The summed E-state index contributed by atoms with van der Waals surface area (Å²) < 4.78 is 42.9. The van der Waals surface area contributed by atoms with E-state index in [2.05, 4.69) is 15.6 Å². The quantitative estimate of drug-likeness (QED) is 0.729. The molecule has 1 heterocycles. The number of carbonyl (C=O) groups is 2. The first kappa shape index (κ1) is 18.4. The maximum atomic E-state index is 12.5. The Hall–Kier alpha value is -3.36. The Bertz CT molecular complexity index is 994. The number of hydrogen-bond acceptors (Lipinski definition) is 4. The molecule has 1 aromatic heterocycles. The van der Waals surface area contributed by atoms with Crippen molar-refractivity contribution < 1.29 is 27.2 Å². The first-order valence-electron chi connectivity index (χ1n) is 7.85. The first-order chi connectivity index (χ1) is 12.7. The molecule has 0 fully saturated rings. The van der Waals surface area contributed by atoms with Crippen LogP contribution in [0.15, 0.2) is 46.9 Å². The van der Waals surface area contributed by atoms with Gasteiger partial charge in [-0.2, -0.15) is 13.2 Å². The summed E-state index contributed by atoms with van der Waals surface area (Å²) in [4.78, 5) is 28.1. The molecule has 2 N–H and O–H groups in total. The van der Waals surface area contributed by atoms with Gasteiger partial charge in [0.05, 0.1) is 12.1 Å². The molecular formula is C18H14F3N3O3. The van der Waals surface area contributed by atoms with Crippen molar-refractivity contribution in [2.75, 3.05) is 11.9 Å². The summed E-state index contributed by atoms with van der Waals surface area (Å²) in [7, 11) is 0. The molecule has 140 valence electrons. The van der Waals surface area contributed by atoms with Gasteiger partial charge >= 0.3 is 6.18 Å². The Morgan fingerprint density at radius 1 is 1.11 bits per heavy atom. The van der Waals surface area contributed by atoms with Gasteiger partial charge in [0.2, 0.25) is 5.91 Å². The second kappa shape index (κ2) is 7.10. The summed E-state index contributed by atoms with van der Waals surface area (Å²) in [5.41, 5.74) is 0.815. The maximum Gasteiger partial charge on any atom is 0.416 e. The van der Waals surface area contributed by atoms with Crippen LogP contribution in [0.3, 0.4) is 0 Å². The Morgan fingerprint density at radius 3 is 2.48 bits per heavy atom. The SMILES string of the molecule is Cc1nc2cc(NC(=O)CNC(=O)c3ccc(C(F)(F)F)cc3)ccc2o1. The number of carbonyl (C=O) groups excluding carboxylic acids is 2. The van der Waals surface area contributed by atoms with Crippen LogP contribution < -0.4 is 10.6 Å². The predicted octanol–water partition coefficient (Wildman–Crippen LogP) is 3.52. The third-order valence-electron chi connectivity index (χ3n) is 3.66. The van der Waals surface area contributed by atoms with Gasteiger partial charge in [0.25, 0.3) is 5.91 Å². The standard InChI is InChI=1S/C18H14F3N3O3/c1-10-23-14-8-13(6-7-15(14)27-10)24-16(25)9-22-17(26)11-2-4-12(5-3-11)18(19,20)21/h2-8H,9H2,1H3,(H,22,26)(H,24,25). The number of amides is 2. The lowest BCUT2D eigenvalue weighted by atomic mass is 10.1. The number of anilines is 1. The van der Waals surface area contributed by atoms with E-state index < -0.39 is 23.6 Å². The Kier molecular flexibility index (Phi) is 4.85. The van der Waals surface area contributed by atoms with E-state index in [-0.39, 0.29) is 12.1 Å². The van der Waals surface area contributed by atoms with Gasteiger partial charge in [0.15, 0.2) is 11.5 Å². The van der Waals surface area contributed by atoms with E-state index in [9.17, 15) is 22.8 Å². The Balaban J connectivity index is 1.57. The van der Waals surface area contributed by atoms with Crippen molar-refractivity contribution in [2.24, 2.45) is 0 Å². The summed E-state index contributed by atoms with van der Waals surface area (Å²) in [5, 5.41) is 4.95. The lowest BCUT2D eigenvalue weighted by Crippen LogP contribution is -2.32. The van der Waals surface area contributed by atoms with Gasteiger partial charge in [-0.1, -0.05) is 0 Å². The van der Waals surface area contributed by atoms with E-state index >= 15 is 0 Å². The molecule has 0 saturated carbocycles. The number of fused-ring (bicyclic) bond motifs is 1. The van der Waals surface area contributed by atoms with Crippen LogP contribution in [-0.2, 0) is 11.0 Å². The van der Waals surface area contributed by atoms with Crippen molar-refractivity contribution in [2.45, 2.75) is 13.1 Å². The molecule has 0 aliphatic carbocycles. The van der Waals surface area contributed by atoms with E-state index in [0.29, 0.717) is 22.7 Å². The van der Waals surface area contributed by atoms with E-state index in [0.717, 1.165) is 24.3 Å². The van der Waals surface area contributed by atoms with Crippen molar-refractivity contribution in [3.05, 3.63) is 59.5 Å². The van der Waals surface area contributed by atoms with Crippen LogP contribution in [-0.4, -0.2) is 23.3 Å². The van der Waals surface area contributed by atoms with Crippen molar-refractivity contribution in [1.82, 2.24) is 10.3 Å². The second-order valence-corrected chi connectivity index (χ2v) is 5.72. The molecule has 0 atom stereocenters. The number of rotatable bonds is 4. The smallest absolute Gasteiger partial charge is 0.416 e. The number of aromatic nitrogens is 1. The Morgan fingerprint density at radius 2 is 1.81 bits per heavy atom. The lowest BCUT2D eigenvalue weighted by Gasteiger charge is -2.09. The summed E-state index contributed by atoms with van der Waals surface area (Å²) in [6.45, 7) is 1.37. The average Bonchev–Trinajstić information content (AvgIpc) is 2.98. The minimum absolute atomic E-state index is 0.0234. The highest BCUT2D eigenvalue weighted by atomic mass is 19.4. The van der Waals surface area contributed by atoms with Crippen LogP contribution in [0.4, 0.5) is 18.9 Å². The van der Waals surface area contributed by atoms with E-state index in [1.54, 1.807) is 25.1 Å². The van der Waals surface area contributed by atoms with Crippen LogP contribution >= 0.6 is 0 Å². The number of nitrogens with zero attached hydrogens (tertiary/aromatic N) is 1. The molecule has 0 radical (unpaired) electrons. The summed E-state index contributed by atoms with van der Waals surface area (Å²) in [6, 6.07) is 8.64. The molecule has 0 saturated heterocycles. The minimum atomic E-state index is -4.47. The summed E-state index contributed by atoms with van der Waals surface area (Å²) in [6.07, 6.45) is -4.47. The van der Waals surface area contributed by atoms with Gasteiger partial charge < -0.3 is 15.1 Å². The fraction of sp³-hybridized carbons (Fsp3) is 0.167. The summed E-state index contributed by atoms with van der Waals surface area (Å²) in [5.74, 6) is -0.645. The molecule has 27 heavy (non-hydrogen) atoms. The lowest BCUT2D eigenvalue weighted by molar-refractivity contribution is -0.137. The van der Waals surface area contributed by atoms with Crippen molar-refractivity contribution in [3.63, 3.8) is 0 Å². The van der Waals surface area contributed by atoms with Crippen molar-refractivity contribution in [3.8, 4) is 0 Å². The minimum Gasteiger partial charge on any atom is -0.441 e. The zero-order chi connectivity index (χ0) is 19.6. The van der Waals surface area contributed by atoms with Crippen molar-refractivity contribution in [1.29, 1.82) is 0 Å². The Labute approximate surface area is 151 Å². The number of halogens is 3. The molecule has 0 bridgehead atoms. The third-order valence-corrected chi connectivity index (χ3v) is 3.66. The van der Waals surface area contributed by atoms with E-state index in [1.165, 1.54) is 0 Å². The van der Waals surface area contributed by atoms with E-state index in [4.69, 9.17) is 4.42 Å². The molecule has 0 unspecified atom stereocenters. The largest absolute Gasteiger partial charge is 0.441 e. The fourth-order valence-electron chi connectivity index (χ4n) is 2.40. The predicted molar refractivity (Wildman–Crippen MR) is 91.2 cm³/mol. The number of alkyl halides is 3. The summed E-state index contributed by atoms with van der Waals surface area (Å²) >= 11 is 0. The highest BCUT2D eigenvalue weighted by Crippen LogP contribution is 2.29. The zero-order valence-electron chi connectivity index (χ0n) is 14.1. The molecular weight excluding hydrogens is 363 g/mol. The van der Waals surface area contributed by atoms with Gasteiger partial charge in [0, 0.05) is 18.2 Å².